The Hall–Kier alpha value is -0.790. The van der Waals surface area contributed by atoms with E-state index < -0.39 is 0 Å². The number of rotatable bonds is 1. The highest BCUT2D eigenvalue weighted by molar-refractivity contribution is 5.74. The van der Waals surface area contributed by atoms with Gasteiger partial charge in [-0.2, -0.15) is 0 Å². The first kappa shape index (κ1) is 9.75. The first-order valence-electron chi connectivity index (χ1n) is 5.54. The number of hydrogen-bond acceptors (Lipinski definition) is 1. The molecular weight excluding hydrogens is 174 g/mol. The minimum atomic E-state index is 0.250. The van der Waals surface area contributed by atoms with Crippen molar-refractivity contribution in [1.29, 1.82) is 0 Å². The highest BCUT2D eigenvalue weighted by atomic mass is 16.2. The second-order valence-corrected chi connectivity index (χ2v) is 4.76. The normalized spacial score (nSPS) is 35.9. The molecule has 1 saturated carbocycles. The third-order valence-corrected chi connectivity index (χ3v) is 3.93. The largest absolute Gasteiger partial charge is 0.340 e. The van der Waals surface area contributed by atoms with E-state index in [4.69, 9.17) is 0 Å². The van der Waals surface area contributed by atoms with Crippen molar-refractivity contribution in [3.63, 3.8) is 0 Å². The Kier molecular flexibility index (Phi) is 2.38. The zero-order valence-electron chi connectivity index (χ0n) is 9.12. The van der Waals surface area contributed by atoms with E-state index in [0.29, 0.717) is 17.9 Å². The van der Waals surface area contributed by atoms with E-state index in [1.165, 1.54) is 24.8 Å². The Morgan fingerprint density at radius 1 is 1.29 bits per heavy atom. The smallest absolute Gasteiger partial charge is 0.219 e. The summed E-state index contributed by atoms with van der Waals surface area (Å²) in [4.78, 5) is 13.4. The number of likely N-dealkylation sites (tertiary alicyclic amines) is 1. The Balaban J connectivity index is 2.11. The van der Waals surface area contributed by atoms with E-state index in [9.17, 15) is 4.79 Å². The van der Waals surface area contributed by atoms with Gasteiger partial charge in [0, 0.05) is 19.5 Å². The number of carbonyl (C=O) groups excluding carboxylic acids is 1. The van der Waals surface area contributed by atoms with Crippen LogP contribution in [0.5, 0.6) is 0 Å². The van der Waals surface area contributed by atoms with Crippen molar-refractivity contribution in [2.45, 2.75) is 39.2 Å². The van der Waals surface area contributed by atoms with Crippen molar-refractivity contribution < 1.29 is 4.79 Å². The van der Waals surface area contributed by atoms with Gasteiger partial charge in [-0.25, -0.2) is 0 Å². The van der Waals surface area contributed by atoms with Crippen LogP contribution in [0.1, 0.15) is 33.1 Å². The molecule has 1 saturated heterocycles. The molecule has 2 unspecified atom stereocenters. The van der Waals surface area contributed by atoms with Crippen LogP contribution in [0.3, 0.4) is 0 Å². The molecule has 0 N–H and O–H groups in total. The molecule has 1 aliphatic carbocycles. The first-order valence-corrected chi connectivity index (χ1v) is 5.54. The minimum absolute atomic E-state index is 0.250. The summed E-state index contributed by atoms with van der Waals surface area (Å²) in [5, 5.41) is 0. The van der Waals surface area contributed by atoms with Gasteiger partial charge in [-0.3, -0.25) is 4.79 Å². The maximum atomic E-state index is 11.4. The average molecular weight is 193 g/mol. The lowest BCUT2D eigenvalue weighted by Gasteiger charge is -2.23. The van der Waals surface area contributed by atoms with Crippen LogP contribution in [-0.2, 0) is 4.79 Å². The van der Waals surface area contributed by atoms with Crippen molar-refractivity contribution in [3.8, 4) is 0 Å². The first-order chi connectivity index (χ1) is 6.61. The van der Waals surface area contributed by atoms with Crippen LogP contribution < -0.4 is 0 Å². The summed E-state index contributed by atoms with van der Waals surface area (Å²) in [6.07, 6.45) is 3.60. The van der Waals surface area contributed by atoms with E-state index in [-0.39, 0.29) is 5.91 Å². The molecule has 1 aliphatic heterocycles. The summed E-state index contributed by atoms with van der Waals surface area (Å²) in [6.45, 7) is 8.85. The molecule has 0 aromatic heterocycles. The second-order valence-electron chi connectivity index (χ2n) is 4.76. The molecule has 78 valence electrons. The minimum Gasteiger partial charge on any atom is -0.340 e. The van der Waals surface area contributed by atoms with E-state index >= 15 is 0 Å². The van der Waals surface area contributed by atoms with Gasteiger partial charge in [0.05, 0.1) is 0 Å². The van der Waals surface area contributed by atoms with Crippen molar-refractivity contribution in [3.05, 3.63) is 12.2 Å². The molecule has 0 spiro atoms. The van der Waals surface area contributed by atoms with Crippen molar-refractivity contribution in [2.24, 2.45) is 11.8 Å². The lowest BCUT2D eigenvalue weighted by molar-refractivity contribution is -0.129. The summed E-state index contributed by atoms with van der Waals surface area (Å²) in [5.74, 6) is 1.63. The van der Waals surface area contributed by atoms with Gasteiger partial charge in [-0.05, 0) is 38.0 Å². The third-order valence-electron chi connectivity index (χ3n) is 3.93. The second kappa shape index (κ2) is 3.41. The summed E-state index contributed by atoms with van der Waals surface area (Å²) in [5.41, 5.74) is 1.31. The van der Waals surface area contributed by atoms with Gasteiger partial charge in [-0.1, -0.05) is 12.2 Å². The summed E-state index contributed by atoms with van der Waals surface area (Å²) < 4.78 is 0. The molecule has 1 amide bonds. The van der Waals surface area contributed by atoms with Crippen LogP contribution in [0.25, 0.3) is 0 Å². The Morgan fingerprint density at radius 2 is 2.00 bits per heavy atom. The van der Waals surface area contributed by atoms with Crippen molar-refractivity contribution >= 4 is 5.91 Å². The zero-order chi connectivity index (χ0) is 10.3. The Morgan fingerprint density at radius 3 is 2.57 bits per heavy atom. The fraction of sp³-hybridized carbons (Fsp3) is 0.750. The molecule has 3 atom stereocenters. The number of hydrogen-bond donors (Lipinski definition) is 0. The van der Waals surface area contributed by atoms with E-state index in [1.807, 2.05) is 0 Å². The van der Waals surface area contributed by atoms with Crippen LogP contribution in [0.2, 0.25) is 0 Å². The van der Waals surface area contributed by atoms with Crippen LogP contribution in [0.15, 0.2) is 12.2 Å². The van der Waals surface area contributed by atoms with Crippen molar-refractivity contribution in [2.75, 3.05) is 6.54 Å². The molecule has 2 rings (SSSR count). The molecule has 1 heterocycles. The average Bonchev–Trinajstić information content (AvgIpc) is 2.59. The molecule has 0 aromatic carbocycles. The molecule has 2 fully saturated rings. The van der Waals surface area contributed by atoms with Gasteiger partial charge >= 0.3 is 0 Å². The standard InChI is InChI=1S/C12H19NO/c1-8(2)10-4-5-12-11(10)6-7-13(12)9(3)14/h10-12H,1,4-7H2,2-3H3/t10-,11?,12?/m1/s1. The number of nitrogens with zero attached hydrogens (tertiary/aromatic N) is 1. The molecule has 14 heavy (non-hydrogen) atoms. The summed E-state index contributed by atoms with van der Waals surface area (Å²) in [6, 6.07) is 0.522. The molecule has 0 bridgehead atoms. The fourth-order valence-corrected chi connectivity index (χ4v) is 3.28. The number of fused-ring (bicyclic) bond motifs is 1. The zero-order valence-corrected chi connectivity index (χ0v) is 9.12. The lowest BCUT2D eigenvalue weighted by atomic mass is 9.88. The van der Waals surface area contributed by atoms with Crippen LogP contribution in [0.4, 0.5) is 0 Å². The molecule has 2 heteroatoms. The Bertz CT molecular complexity index is 243. The Labute approximate surface area is 86.0 Å². The van der Waals surface area contributed by atoms with E-state index in [1.54, 1.807) is 6.92 Å². The molecule has 0 radical (unpaired) electrons. The van der Waals surface area contributed by atoms with E-state index in [0.717, 1.165) is 6.54 Å². The fourth-order valence-electron chi connectivity index (χ4n) is 3.28. The van der Waals surface area contributed by atoms with Crippen molar-refractivity contribution in [1.82, 2.24) is 4.90 Å². The van der Waals surface area contributed by atoms with E-state index in [2.05, 4.69) is 18.4 Å². The highest BCUT2D eigenvalue weighted by Crippen LogP contribution is 2.44. The van der Waals surface area contributed by atoms with Gasteiger partial charge in [0.15, 0.2) is 0 Å². The topological polar surface area (TPSA) is 20.3 Å². The lowest BCUT2D eigenvalue weighted by Crippen LogP contribution is -2.34. The SMILES string of the molecule is C=C(C)[C@H]1CCC2C1CCN2C(C)=O. The van der Waals surface area contributed by atoms with Crippen LogP contribution in [0, 0.1) is 11.8 Å². The molecule has 2 nitrogen and oxygen atoms in total. The predicted octanol–water partition coefficient (Wildman–Crippen LogP) is 2.21. The maximum absolute atomic E-state index is 11.4. The summed E-state index contributed by atoms with van der Waals surface area (Å²) >= 11 is 0. The number of amides is 1. The molecule has 2 aliphatic rings. The predicted molar refractivity (Wildman–Crippen MR) is 56.8 cm³/mol. The quantitative estimate of drug-likeness (QED) is 0.585. The monoisotopic (exact) mass is 193 g/mol. The molecule has 0 aromatic rings. The maximum Gasteiger partial charge on any atom is 0.219 e. The number of carbonyl (C=O) groups is 1. The van der Waals surface area contributed by atoms with Gasteiger partial charge in [0.25, 0.3) is 0 Å². The number of allylic oxidation sites excluding steroid dienone is 1. The van der Waals surface area contributed by atoms with Gasteiger partial charge in [0.1, 0.15) is 0 Å². The highest BCUT2D eigenvalue weighted by Gasteiger charge is 2.44. The third kappa shape index (κ3) is 1.37. The van der Waals surface area contributed by atoms with Crippen LogP contribution in [-0.4, -0.2) is 23.4 Å². The van der Waals surface area contributed by atoms with Gasteiger partial charge in [0.2, 0.25) is 5.91 Å². The molecular formula is C12H19NO. The van der Waals surface area contributed by atoms with Crippen LogP contribution >= 0.6 is 0 Å². The van der Waals surface area contributed by atoms with Gasteiger partial charge < -0.3 is 4.90 Å². The summed E-state index contributed by atoms with van der Waals surface area (Å²) in [7, 11) is 0. The van der Waals surface area contributed by atoms with Gasteiger partial charge in [-0.15, -0.1) is 0 Å².